The molecule has 0 fully saturated rings. The Balaban J connectivity index is -0.0000000952. The monoisotopic (exact) mass is 383 g/mol. The average molecular weight is 383 g/mol. The third kappa shape index (κ3) is 73.6. The van der Waals surface area contributed by atoms with Crippen molar-refractivity contribution in [2.75, 3.05) is 0 Å². The predicted octanol–water partition coefficient (Wildman–Crippen LogP) is 6.92. The molecule has 0 heterocycles. The zero-order valence-electron chi connectivity index (χ0n) is 16.1. The molecule has 0 bridgehead atoms. The molecular formula is C16H42CoP2Si. The van der Waals surface area contributed by atoms with Crippen molar-refractivity contribution in [1.29, 1.82) is 0 Å². The molecule has 0 nitrogen and oxygen atoms in total. The van der Waals surface area contributed by atoms with Crippen molar-refractivity contribution in [2.24, 2.45) is 0 Å². The molecule has 1 radical (unpaired) electrons. The summed E-state index contributed by atoms with van der Waals surface area (Å²) in [6.45, 7) is 27.5. The fraction of sp³-hybridized carbons (Fsp3) is 1.00. The van der Waals surface area contributed by atoms with Crippen molar-refractivity contribution in [2.45, 2.75) is 104 Å². The smallest absolute Gasteiger partial charge is 0.0411 e. The van der Waals surface area contributed by atoms with E-state index in [9.17, 15) is 0 Å². The van der Waals surface area contributed by atoms with E-state index in [-0.39, 0.29) is 16.8 Å². The summed E-state index contributed by atoms with van der Waals surface area (Å²) in [4.78, 5) is 0. The summed E-state index contributed by atoms with van der Waals surface area (Å²) in [7, 11) is 1.68. The van der Waals surface area contributed by atoms with Crippen molar-refractivity contribution in [3.8, 4) is 0 Å². The van der Waals surface area contributed by atoms with Crippen LogP contribution in [0.1, 0.15) is 55.4 Å². The van der Waals surface area contributed by atoms with E-state index < -0.39 is 8.07 Å². The summed E-state index contributed by atoms with van der Waals surface area (Å²) in [5.74, 6) is 0. The molecule has 129 valence electrons. The Labute approximate surface area is 146 Å². The van der Waals surface area contributed by atoms with Crippen LogP contribution in [-0.2, 0) is 16.8 Å². The molecular weight excluding hydrogens is 341 g/mol. The SMILES string of the molecule is CC(C)PC(C)C.CC(C)PC(C)C.C[Si](C)(C)C.[Co]. The molecule has 0 N–H and O–H groups in total. The standard InChI is InChI=1S/2C6H15P.C4H12Si.Co/c2*1-5(2)7-6(3)4;1-5(2,3)4;/h2*5-7H,1-4H3;1-4H3;. The van der Waals surface area contributed by atoms with Gasteiger partial charge in [0, 0.05) is 24.9 Å². The van der Waals surface area contributed by atoms with Gasteiger partial charge in [-0.15, -0.1) is 17.2 Å². The van der Waals surface area contributed by atoms with Crippen LogP contribution in [0.3, 0.4) is 0 Å². The van der Waals surface area contributed by atoms with Gasteiger partial charge < -0.3 is 0 Å². The average Bonchev–Trinajstić information content (AvgIpc) is 1.93. The van der Waals surface area contributed by atoms with Crippen LogP contribution in [0, 0.1) is 0 Å². The van der Waals surface area contributed by atoms with Crippen LogP contribution < -0.4 is 0 Å². The van der Waals surface area contributed by atoms with Crippen LogP contribution in [0.2, 0.25) is 26.2 Å². The Morgan fingerprint density at radius 3 is 0.600 bits per heavy atom. The molecule has 0 aromatic carbocycles. The number of hydrogen-bond acceptors (Lipinski definition) is 0. The Bertz CT molecular complexity index is 144. The first-order valence-corrected chi connectivity index (χ1v) is 14.1. The van der Waals surface area contributed by atoms with Gasteiger partial charge in [-0.3, -0.25) is 0 Å². The van der Waals surface area contributed by atoms with Crippen molar-refractivity contribution < 1.29 is 16.8 Å². The van der Waals surface area contributed by atoms with Crippen molar-refractivity contribution in [3.05, 3.63) is 0 Å². The zero-order chi connectivity index (χ0) is 16.2. The van der Waals surface area contributed by atoms with Gasteiger partial charge in [-0.1, -0.05) is 81.6 Å². The third-order valence-electron chi connectivity index (χ3n) is 1.33. The minimum absolute atomic E-state index is 0. The first kappa shape index (κ1) is 29.6. The fourth-order valence-corrected chi connectivity index (χ4v) is 4.00. The molecule has 0 aliphatic rings. The third-order valence-corrected chi connectivity index (χ3v) is 4.00. The maximum Gasteiger partial charge on any atom is 0.0411 e. The first-order chi connectivity index (χ1) is 8.25. The molecule has 0 spiro atoms. The molecule has 4 heteroatoms. The van der Waals surface area contributed by atoms with E-state index in [2.05, 4.69) is 81.6 Å². The Kier molecular flexibility index (Phi) is 25.1. The van der Waals surface area contributed by atoms with Crippen LogP contribution in [0.25, 0.3) is 0 Å². The summed E-state index contributed by atoms with van der Waals surface area (Å²) in [6.07, 6.45) is 0. The molecule has 0 amide bonds. The summed E-state index contributed by atoms with van der Waals surface area (Å²) in [5, 5.41) is 0. The Morgan fingerprint density at radius 2 is 0.600 bits per heavy atom. The molecule has 0 aromatic heterocycles. The molecule has 0 atom stereocenters. The van der Waals surface area contributed by atoms with E-state index in [0.29, 0.717) is 0 Å². The second-order valence-corrected chi connectivity index (χ2v) is 19.2. The minimum Gasteiger partial charge on any atom is -0.117 e. The van der Waals surface area contributed by atoms with Gasteiger partial charge in [0.2, 0.25) is 0 Å². The van der Waals surface area contributed by atoms with E-state index in [1.165, 1.54) is 0 Å². The first-order valence-electron chi connectivity index (χ1n) is 7.77. The normalized spacial score (nSPS) is 10.8. The topological polar surface area (TPSA) is 0 Å². The van der Waals surface area contributed by atoms with E-state index in [1.807, 2.05) is 0 Å². The van der Waals surface area contributed by atoms with Gasteiger partial charge in [-0.25, -0.2) is 0 Å². The molecule has 0 unspecified atom stereocenters. The molecule has 0 aromatic rings. The van der Waals surface area contributed by atoms with Crippen LogP contribution in [0.5, 0.6) is 0 Å². The van der Waals surface area contributed by atoms with Gasteiger partial charge in [0.05, 0.1) is 0 Å². The second kappa shape index (κ2) is 16.9. The van der Waals surface area contributed by atoms with Gasteiger partial charge >= 0.3 is 0 Å². The van der Waals surface area contributed by atoms with E-state index in [4.69, 9.17) is 0 Å². The fourth-order valence-electron chi connectivity index (χ4n) is 1.33. The molecule has 0 aliphatic carbocycles. The summed E-state index contributed by atoms with van der Waals surface area (Å²) in [6, 6.07) is 0. The number of hydrogen-bond donors (Lipinski definition) is 0. The largest absolute Gasteiger partial charge is 0.117 e. The van der Waals surface area contributed by atoms with Crippen LogP contribution in [0.15, 0.2) is 0 Å². The molecule has 20 heavy (non-hydrogen) atoms. The van der Waals surface area contributed by atoms with E-state index in [1.54, 1.807) is 0 Å². The zero-order valence-corrected chi connectivity index (χ0v) is 20.2. The van der Waals surface area contributed by atoms with Crippen molar-refractivity contribution >= 4 is 25.2 Å². The van der Waals surface area contributed by atoms with Crippen LogP contribution in [-0.4, -0.2) is 30.7 Å². The van der Waals surface area contributed by atoms with Gasteiger partial charge in [0.15, 0.2) is 0 Å². The maximum atomic E-state index is 2.33. The van der Waals surface area contributed by atoms with Crippen LogP contribution >= 0.6 is 17.2 Å². The Hall–Kier alpha value is 1.58. The quantitative estimate of drug-likeness (QED) is 0.365. The maximum absolute atomic E-state index is 2.33. The van der Waals surface area contributed by atoms with Crippen LogP contribution in [0.4, 0.5) is 0 Å². The molecule has 0 saturated carbocycles. The van der Waals surface area contributed by atoms with Gasteiger partial charge in [0.1, 0.15) is 0 Å². The van der Waals surface area contributed by atoms with Crippen molar-refractivity contribution in [1.82, 2.24) is 0 Å². The molecule has 0 aliphatic heterocycles. The summed E-state index contributed by atoms with van der Waals surface area (Å²) < 4.78 is 0. The Morgan fingerprint density at radius 1 is 0.500 bits per heavy atom. The number of rotatable bonds is 4. The minimum atomic E-state index is -0.611. The van der Waals surface area contributed by atoms with E-state index in [0.717, 1.165) is 39.8 Å². The van der Waals surface area contributed by atoms with Crippen molar-refractivity contribution in [3.63, 3.8) is 0 Å². The van der Waals surface area contributed by atoms with E-state index >= 15 is 0 Å². The van der Waals surface area contributed by atoms with Gasteiger partial charge in [-0.2, -0.15) is 0 Å². The van der Waals surface area contributed by atoms with Gasteiger partial charge in [-0.05, 0) is 22.6 Å². The van der Waals surface area contributed by atoms with Gasteiger partial charge in [0.25, 0.3) is 0 Å². The predicted molar refractivity (Wildman–Crippen MR) is 106 cm³/mol. The molecule has 0 rings (SSSR count). The molecule has 0 saturated heterocycles. The summed E-state index contributed by atoms with van der Waals surface area (Å²) >= 11 is 0. The second-order valence-electron chi connectivity index (χ2n) is 7.95. The summed E-state index contributed by atoms with van der Waals surface area (Å²) in [5.41, 5.74) is 3.61.